The van der Waals surface area contributed by atoms with Gasteiger partial charge in [0.15, 0.2) is 0 Å². The normalized spacial score (nSPS) is 10.9. The minimum atomic E-state index is -0.240. The van der Waals surface area contributed by atoms with E-state index in [0.29, 0.717) is 0 Å². The van der Waals surface area contributed by atoms with E-state index in [2.05, 4.69) is 19.3 Å². The molecule has 0 bridgehead atoms. The topological polar surface area (TPSA) is 84.6 Å². The van der Waals surface area contributed by atoms with Crippen molar-refractivity contribution in [2.75, 3.05) is 18.9 Å². The first-order chi connectivity index (χ1) is 11.1. The summed E-state index contributed by atoms with van der Waals surface area (Å²) < 4.78 is 0. The average molecular weight is 316 g/mol. The van der Waals surface area contributed by atoms with Gasteiger partial charge in [-0.25, -0.2) is 5.48 Å². The molecule has 0 heterocycles. The third-order valence-electron chi connectivity index (χ3n) is 3.97. The largest absolute Gasteiger partial charge is 0.398 e. The smallest absolute Gasteiger partial charge is 0.247 e. The molecule has 2 aliphatic rings. The molecule has 2 rings (SSSR count). The van der Waals surface area contributed by atoms with Crippen molar-refractivity contribution in [1.29, 1.82) is 0 Å². The Morgan fingerprint density at radius 3 is 2.17 bits per heavy atom. The second-order valence-corrected chi connectivity index (χ2v) is 5.42. The van der Waals surface area contributed by atoms with Gasteiger partial charge in [0, 0.05) is 5.69 Å². The van der Waals surface area contributed by atoms with E-state index in [-0.39, 0.29) is 25.5 Å². The second-order valence-electron chi connectivity index (χ2n) is 5.42. The fraction of sp³-hybridized carbons (Fsp3) is 0.389. The highest BCUT2D eigenvalue weighted by molar-refractivity contribution is 5.85. The molecule has 4 N–H and O–H groups in total. The number of hydrogen-bond donors (Lipinski definition) is 3. The van der Waals surface area contributed by atoms with Gasteiger partial charge in [0.1, 0.15) is 0 Å². The Hall–Kier alpha value is -2.11. The molecule has 0 unspecified atom stereocenters. The van der Waals surface area contributed by atoms with Crippen LogP contribution in [0, 0.1) is 0 Å². The monoisotopic (exact) mass is 316 g/mol. The summed E-state index contributed by atoms with van der Waals surface area (Å²) in [5.74, 6) is -0.240. The second kappa shape index (κ2) is 7.94. The van der Waals surface area contributed by atoms with Crippen molar-refractivity contribution in [3.8, 4) is 11.1 Å². The molecule has 0 atom stereocenters. The standard InChI is InChI=1S/C18H24N2O3/c1-3-13-15-7-5-12(11-17(22)20-23-10-9-21)6-8-16(15)14(4-2)18(13)19/h5-8,21H,3-4,9-11,19H2,1-2H3,(H,20,22). The number of aliphatic hydroxyl groups excluding tert-OH is 1. The molecule has 0 aliphatic heterocycles. The number of hydroxylamine groups is 1. The lowest BCUT2D eigenvalue weighted by molar-refractivity contribution is -0.133. The third-order valence-corrected chi connectivity index (χ3v) is 3.97. The number of aliphatic hydroxyl groups is 1. The highest BCUT2D eigenvalue weighted by Gasteiger charge is 2.18. The van der Waals surface area contributed by atoms with Crippen LogP contribution in [-0.4, -0.2) is 24.2 Å². The average Bonchev–Trinajstić information content (AvgIpc) is 2.66. The summed E-state index contributed by atoms with van der Waals surface area (Å²) in [7, 11) is 0. The van der Waals surface area contributed by atoms with Crippen LogP contribution in [-0.2, 0) is 28.9 Å². The van der Waals surface area contributed by atoms with Crippen LogP contribution in [0.5, 0.6) is 0 Å². The van der Waals surface area contributed by atoms with E-state index in [9.17, 15) is 4.79 Å². The summed E-state index contributed by atoms with van der Waals surface area (Å²) in [5, 5.41) is 8.62. The molecule has 0 aromatic rings. The highest BCUT2D eigenvalue weighted by Crippen LogP contribution is 2.39. The molecule has 0 spiro atoms. The summed E-state index contributed by atoms with van der Waals surface area (Å²) in [4.78, 5) is 16.6. The van der Waals surface area contributed by atoms with E-state index in [1.807, 2.05) is 24.3 Å². The molecule has 2 aliphatic carbocycles. The molecule has 0 aromatic heterocycles. The van der Waals surface area contributed by atoms with E-state index in [1.165, 1.54) is 11.1 Å². The lowest BCUT2D eigenvalue weighted by Crippen LogP contribution is -2.26. The number of nitrogen functional groups attached to an aromatic ring is 1. The first-order valence-electron chi connectivity index (χ1n) is 7.95. The maximum atomic E-state index is 11.8. The number of rotatable bonds is 7. The molecule has 0 saturated heterocycles. The summed E-state index contributed by atoms with van der Waals surface area (Å²) in [5.41, 5.74) is 15.0. The molecule has 5 heteroatoms. The molecule has 0 aromatic carbocycles. The van der Waals surface area contributed by atoms with Gasteiger partial charge in [-0.15, -0.1) is 0 Å². The summed E-state index contributed by atoms with van der Waals surface area (Å²) in [6, 6.07) is 7.99. The number of anilines is 1. The number of nitrogens with one attached hydrogen (secondary N) is 1. The molecule has 0 fully saturated rings. The molecule has 0 radical (unpaired) electrons. The van der Waals surface area contributed by atoms with E-state index in [0.717, 1.165) is 35.2 Å². The van der Waals surface area contributed by atoms with Crippen LogP contribution < -0.4 is 11.2 Å². The molecule has 0 saturated carbocycles. The predicted octanol–water partition coefficient (Wildman–Crippen LogP) is 2.08. The zero-order valence-corrected chi connectivity index (χ0v) is 13.7. The van der Waals surface area contributed by atoms with Crippen LogP contribution in [0.25, 0.3) is 11.1 Å². The Labute approximate surface area is 136 Å². The summed E-state index contributed by atoms with van der Waals surface area (Å²) in [6.45, 7) is 4.16. The van der Waals surface area contributed by atoms with Crippen molar-refractivity contribution >= 4 is 11.6 Å². The Morgan fingerprint density at radius 2 is 1.70 bits per heavy atom. The van der Waals surface area contributed by atoms with Crippen molar-refractivity contribution in [1.82, 2.24) is 5.48 Å². The van der Waals surface area contributed by atoms with Crippen LogP contribution in [0.1, 0.15) is 30.5 Å². The highest BCUT2D eigenvalue weighted by atomic mass is 16.7. The van der Waals surface area contributed by atoms with Gasteiger partial charge in [-0.1, -0.05) is 38.1 Å². The summed E-state index contributed by atoms with van der Waals surface area (Å²) in [6.07, 6.45) is 2.00. The Balaban J connectivity index is 2.26. The molecule has 23 heavy (non-hydrogen) atoms. The zero-order valence-electron chi connectivity index (χ0n) is 13.7. The number of hydrogen-bond acceptors (Lipinski definition) is 4. The first-order valence-corrected chi connectivity index (χ1v) is 7.95. The molecule has 124 valence electrons. The fourth-order valence-corrected chi connectivity index (χ4v) is 2.89. The van der Waals surface area contributed by atoms with Gasteiger partial charge < -0.3 is 10.8 Å². The van der Waals surface area contributed by atoms with Gasteiger partial charge in [-0.05, 0) is 40.7 Å². The number of carbonyl (C=O) groups excluding carboxylic acids is 1. The van der Waals surface area contributed by atoms with E-state index < -0.39 is 0 Å². The van der Waals surface area contributed by atoms with Crippen molar-refractivity contribution in [3.05, 3.63) is 41.0 Å². The van der Waals surface area contributed by atoms with Crippen molar-refractivity contribution in [3.63, 3.8) is 0 Å². The lowest BCUT2D eigenvalue weighted by Gasteiger charge is -2.03. The first kappa shape index (κ1) is 17.2. The lowest BCUT2D eigenvalue weighted by atomic mass is 10.1. The SMILES string of the molecule is CCc1c2ccc(CC(=O)NOCCO)ccc-2c(CC)c1N. The number of amides is 1. The van der Waals surface area contributed by atoms with Crippen molar-refractivity contribution in [2.24, 2.45) is 0 Å². The van der Waals surface area contributed by atoms with Gasteiger partial charge in [-0.3, -0.25) is 9.63 Å². The van der Waals surface area contributed by atoms with E-state index in [1.54, 1.807) is 0 Å². The maximum absolute atomic E-state index is 11.8. The quantitative estimate of drug-likeness (QED) is 0.539. The zero-order chi connectivity index (χ0) is 16.8. The van der Waals surface area contributed by atoms with Crippen LogP contribution in [0.4, 0.5) is 5.69 Å². The maximum Gasteiger partial charge on any atom is 0.247 e. The van der Waals surface area contributed by atoms with Crippen LogP contribution in [0.15, 0.2) is 24.3 Å². The van der Waals surface area contributed by atoms with Crippen LogP contribution in [0.2, 0.25) is 0 Å². The van der Waals surface area contributed by atoms with Crippen molar-refractivity contribution in [2.45, 2.75) is 33.1 Å². The Bertz CT molecular complexity index is 614. The van der Waals surface area contributed by atoms with Crippen LogP contribution >= 0.6 is 0 Å². The third kappa shape index (κ3) is 3.81. The van der Waals surface area contributed by atoms with Gasteiger partial charge >= 0.3 is 0 Å². The Morgan fingerprint density at radius 1 is 1.13 bits per heavy atom. The van der Waals surface area contributed by atoms with Gasteiger partial charge in [-0.2, -0.15) is 0 Å². The minimum Gasteiger partial charge on any atom is -0.398 e. The molecular formula is C18H24N2O3. The summed E-state index contributed by atoms with van der Waals surface area (Å²) >= 11 is 0. The number of carbonyl (C=O) groups is 1. The minimum absolute atomic E-state index is 0.0847. The number of nitrogens with two attached hydrogens (primary N) is 1. The molecular weight excluding hydrogens is 292 g/mol. The van der Waals surface area contributed by atoms with Crippen LogP contribution in [0.3, 0.4) is 0 Å². The molecule has 1 amide bonds. The van der Waals surface area contributed by atoms with E-state index >= 15 is 0 Å². The Kier molecular flexibility index (Phi) is 5.96. The number of fused-ring (bicyclic) bond motifs is 1. The van der Waals surface area contributed by atoms with Crippen molar-refractivity contribution < 1.29 is 14.7 Å². The van der Waals surface area contributed by atoms with Gasteiger partial charge in [0.25, 0.3) is 0 Å². The van der Waals surface area contributed by atoms with Gasteiger partial charge in [0.05, 0.1) is 19.6 Å². The van der Waals surface area contributed by atoms with Gasteiger partial charge in [0.2, 0.25) is 5.91 Å². The van der Waals surface area contributed by atoms with E-state index in [4.69, 9.17) is 15.7 Å². The fourth-order valence-electron chi connectivity index (χ4n) is 2.89. The predicted molar refractivity (Wildman–Crippen MR) is 91.1 cm³/mol. The molecule has 5 nitrogen and oxygen atoms in total.